The molecular formula is C15H25N3O. The molecule has 0 bridgehead atoms. The fourth-order valence-corrected chi connectivity index (χ4v) is 2.65. The van der Waals surface area contributed by atoms with Gasteiger partial charge in [0.25, 0.3) is 0 Å². The number of ether oxygens (including phenoxy) is 1. The fourth-order valence-electron chi connectivity index (χ4n) is 2.65. The van der Waals surface area contributed by atoms with Crippen molar-refractivity contribution in [2.24, 2.45) is 0 Å². The third-order valence-corrected chi connectivity index (χ3v) is 3.57. The highest BCUT2D eigenvalue weighted by atomic mass is 16.5. The Labute approximate surface area is 116 Å². The van der Waals surface area contributed by atoms with Crippen molar-refractivity contribution in [3.05, 3.63) is 17.1 Å². The quantitative estimate of drug-likeness (QED) is 0.855. The van der Waals surface area contributed by atoms with Gasteiger partial charge in [-0.05, 0) is 46.0 Å². The van der Waals surface area contributed by atoms with Crippen molar-refractivity contribution in [3.8, 4) is 0 Å². The van der Waals surface area contributed by atoms with Crippen molar-refractivity contribution in [2.45, 2.75) is 59.0 Å². The van der Waals surface area contributed by atoms with Crippen LogP contribution in [0.3, 0.4) is 0 Å². The van der Waals surface area contributed by atoms with Crippen molar-refractivity contribution in [2.75, 3.05) is 18.5 Å². The van der Waals surface area contributed by atoms with E-state index in [1.807, 2.05) is 6.92 Å². The van der Waals surface area contributed by atoms with E-state index in [1.54, 1.807) is 0 Å². The lowest BCUT2D eigenvalue weighted by Gasteiger charge is -2.22. The van der Waals surface area contributed by atoms with Crippen LogP contribution in [-0.4, -0.2) is 23.1 Å². The van der Waals surface area contributed by atoms with E-state index in [4.69, 9.17) is 14.7 Å². The number of rotatable bonds is 6. The van der Waals surface area contributed by atoms with Gasteiger partial charge >= 0.3 is 0 Å². The average Bonchev–Trinajstić information content (AvgIpc) is 2.45. The van der Waals surface area contributed by atoms with Gasteiger partial charge in [0.2, 0.25) is 0 Å². The molecule has 0 saturated heterocycles. The summed E-state index contributed by atoms with van der Waals surface area (Å²) in [7, 11) is 0. The molecule has 1 unspecified atom stereocenters. The Morgan fingerprint density at radius 3 is 2.63 bits per heavy atom. The normalized spacial score (nSPS) is 15.9. The molecule has 0 aromatic carbocycles. The van der Waals surface area contributed by atoms with E-state index in [0.717, 1.165) is 37.4 Å². The van der Waals surface area contributed by atoms with Crippen molar-refractivity contribution < 1.29 is 4.74 Å². The zero-order chi connectivity index (χ0) is 13.7. The average molecular weight is 263 g/mol. The largest absolute Gasteiger partial charge is 0.371 e. The molecule has 1 aliphatic carbocycles. The highest BCUT2D eigenvalue weighted by Gasteiger charge is 2.21. The number of hydrogen-bond donors (Lipinski definition) is 1. The Bertz CT molecular complexity index is 420. The molecule has 1 heterocycles. The molecule has 0 spiro atoms. The van der Waals surface area contributed by atoms with E-state index >= 15 is 0 Å². The van der Waals surface area contributed by atoms with Gasteiger partial charge in [0.05, 0.1) is 0 Å². The number of hydrogen-bond acceptors (Lipinski definition) is 4. The molecule has 1 aromatic rings. The molecule has 19 heavy (non-hydrogen) atoms. The maximum absolute atomic E-state index is 5.75. The number of aryl methyl sites for hydroxylation is 1. The maximum Gasteiger partial charge on any atom is 0.159 e. The first-order valence-corrected chi connectivity index (χ1v) is 7.55. The SMILES string of the molecule is CCNc1nc(C(CC)OCC)nc2c1CCCC2. The molecular weight excluding hydrogens is 238 g/mol. The summed E-state index contributed by atoms with van der Waals surface area (Å²) in [5, 5.41) is 3.39. The molecule has 1 aromatic heterocycles. The Hall–Kier alpha value is -1.16. The van der Waals surface area contributed by atoms with Gasteiger partial charge in [-0.1, -0.05) is 6.92 Å². The molecule has 1 aliphatic rings. The second-order valence-electron chi connectivity index (χ2n) is 4.95. The second-order valence-corrected chi connectivity index (χ2v) is 4.95. The van der Waals surface area contributed by atoms with Crippen LogP contribution in [-0.2, 0) is 17.6 Å². The number of nitrogens with one attached hydrogen (secondary N) is 1. The van der Waals surface area contributed by atoms with E-state index < -0.39 is 0 Å². The summed E-state index contributed by atoms with van der Waals surface area (Å²) in [5.74, 6) is 1.88. The molecule has 1 atom stereocenters. The molecule has 0 fully saturated rings. The van der Waals surface area contributed by atoms with Crippen LogP contribution in [0.2, 0.25) is 0 Å². The van der Waals surface area contributed by atoms with Crippen LogP contribution in [0.25, 0.3) is 0 Å². The molecule has 1 N–H and O–H groups in total. The van der Waals surface area contributed by atoms with Gasteiger partial charge in [-0.3, -0.25) is 0 Å². The van der Waals surface area contributed by atoms with Crippen LogP contribution in [0, 0.1) is 0 Å². The van der Waals surface area contributed by atoms with Gasteiger partial charge in [-0.25, -0.2) is 9.97 Å². The zero-order valence-electron chi connectivity index (χ0n) is 12.3. The first kappa shape index (κ1) is 14.3. The lowest BCUT2D eigenvalue weighted by Crippen LogP contribution is -2.17. The Balaban J connectivity index is 2.36. The van der Waals surface area contributed by atoms with Gasteiger partial charge in [0, 0.05) is 24.4 Å². The Morgan fingerprint density at radius 1 is 1.16 bits per heavy atom. The number of fused-ring (bicyclic) bond motifs is 1. The Morgan fingerprint density at radius 2 is 1.95 bits per heavy atom. The molecule has 0 radical (unpaired) electrons. The van der Waals surface area contributed by atoms with E-state index in [0.29, 0.717) is 6.61 Å². The van der Waals surface area contributed by atoms with Gasteiger partial charge in [-0.15, -0.1) is 0 Å². The predicted octanol–water partition coefficient (Wildman–Crippen LogP) is 3.27. The van der Waals surface area contributed by atoms with Gasteiger partial charge in [-0.2, -0.15) is 0 Å². The predicted molar refractivity (Wildman–Crippen MR) is 77.5 cm³/mol. The van der Waals surface area contributed by atoms with E-state index in [1.165, 1.54) is 24.1 Å². The molecule has 0 amide bonds. The van der Waals surface area contributed by atoms with Crippen LogP contribution in [0.15, 0.2) is 0 Å². The van der Waals surface area contributed by atoms with E-state index in [-0.39, 0.29) is 6.10 Å². The van der Waals surface area contributed by atoms with Crippen LogP contribution in [0.4, 0.5) is 5.82 Å². The first-order chi connectivity index (χ1) is 9.30. The monoisotopic (exact) mass is 263 g/mol. The van der Waals surface area contributed by atoms with Gasteiger partial charge in [0.15, 0.2) is 5.82 Å². The highest BCUT2D eigenvalue weighted by Crippen LogP contribution is 2.28. The Kier molecular flexibility index (Phi) is 5.14. The summed E-state index contributed by atoms with van der Waals surface area (Å²) in [6.07, 6.45) is 5.60. The van der Waals surface area contributed by atoms with E-state index in [2.05, 4.69) is 19.2 Å². The molecule has 0 aliphatic heterocycles. The topological polar surface area (TPSA) is 47.0 Å². The minimum atomic E-state index is 0.0228. The summed E-state index contributed by atoms with van der Waals surface area (Å²) in [4.78, 5) is 9.49. The summed E-state index contributed by atoms with van der Waals surface area (Å²) >= 11 is 0. The van der Waals surface area contributed by atoms with Crippen LogP contribution >= 0.6 is 0 Å². The first-order valence-electron chi connectivity index (χ1n) is 7.55. The lowest BCUT2D eigenvalue weighted by atomic mass is 9.96. The van der Waals surface area contributed by atoms with Crippen molar-refractivity contribution in [3.63, 3.8) is 0 Å². The van der Waals surface area contributed by atoms with Crippen LogP contribution < -0.4 is 5.32 Å². The van der Waals surface area contributed by atoms with Crippen LogP contribution in [0.5, 0.6) is 0 Å². The summed E-state index contributed by atoms with van der Waals surface area (Å²) in [5.41, 5.74) is 2.55. The van der Waals surface area contributed by atoms with Gasteiger partial charge in [0.1, 0.15) is 11.9 Å². The van der Waals surface area contributed by atoms with Crippen molar-refractivity contribution in [1.82, 2.24) is 9.97 Å². The third-order valence-electron chi connectivity index (χ3n) is 3.57. The highest BCUT2D eigenvalue weighted by molar-refractivity contribution is 5.48. The van der Waals surface area contributed by atoms with Gasteiger partial charge < -0.3 is 10.1 Å². The number of aromatic nitrogens is 2. The summed E-state index contributed by atoms with van der Waals surface area (Å²) in [6.45, 7) is 7.85. The molecule has 2 rings (SSSR count). The second kappa shape index (κ2) is 6.85. The fraction of sp³-hybridized carbons (Fsp3) is 0.733. The van der Waals surface area contributed by atoms with E-state index in [9.17, 15) is 0 Å². The number of anilines is 1. The maximum atomic E-state index is 5.75. The minimum absolute atomic E-state index is 0.0228. The summed E-state index contributed by atoms with van der Waals surface area (Å²) < 4.78 is 5.75. The third kappa shape index (κ3) is 3.24. The smallest absolute Gasteiger partial charge is 0.159 e. The number of nitrogens with zero attached hydrogens (tertiary/aromatic N) is 2. The zero-order valence-corrected chi connectivity index (χ0v) is 12.3. The molecule has 4 nitrogen and oxygen atoms in total. The summed E-state index contributed by atoms with van der Waals surface area (Å²) in [6, 6.07) is 0. The molecule has 4 heteroatoms. The standard InChI is InChI=1S/C15H25N3O/c1-4-13(19-6-3)15-17-12-10-8-7-9-11(12)14(18-15)16-5-2/h13H,4-10H2,1-3H3,(H,16,17,18). The molecule has 0 saturated carbocycles. The van der Waals surface area contributed by atoms with Crippen LogP contribution in [0.1, 0.15) is 63.2 Å². The van der Waals surface area contributed by atoms with Crippen molar-refractivity contribution >= 4 is 5.82 Å². The minimum Gasteiger partial charge on any atom is -0.371 e. The van der Waals surface area contributed by atoms with Crippen molar-refractivity contribution in [1.29, 1.82) is 0 Å². The lowest BCUT2D eigenvalue weighted by molar-refractivity contribution is 0.0533. The molecule has 106 valence electrons.